The first-order chi connectivity index (χ1) is 24.9. The lowest BCUT2D eigenvalue weighted by atomic mass is 10.1. The topological polar surface area (TPSA) is 77.0 Å². The molecule has 5 aromatic rings. The van der Waals surface area contributed by atoms with Gasteiger partial charge in [-0.1, -0.05) is 36.4 Å². The number of ether oxygens (including phenoxy) is 3. The van der Waals surface area contributed by atoms with E-state index in [0.29, 0.717) is 44.5 Å². The van der Waals surface area contributed by atoms with Gasteiger partial charge < -0.3 is 19.1 Å². The molecule has 3 aromatic carbocycles. The molecule has 6 rings (SSSR count). The highest BCUT2D eigenvalue weighted by molar-refractivity contribution is 5.92. The van der Waals surface area contributed by atoms with Gasteiger partial charge in [-0.15, -0.1) is 12.4 Å². The average Bonchev–Trinajstić information content (AvgIpc) is 3.15. The van der Waals surface area contributed by atoms with Crippen molar-refractivity contribution in [3.63, 3.8) is 0 Å². The van der Waals surface area contributed by atoms with Crippen LogP contribution in [0.3, 0.4) is 0 Å². The van der Waals surface area contributed by atoms with Gasteiger partial charge in [0.15, 0.2) is 0 Å². The van der Waals surface area contributed by atoms with Crippen molar-refractivity contribution in [3.05, 3.63) is 154 Å². The van der Waals surface area contributed by atoms with E-state index in [1.54, 1.807) is 42.9 Å². The quantitative estimate of drug-likeness (QED) is 0.0846. The molecule has 0 atom stereocenters. The Morgan fingerprint density at radius 1 is 0.808 bits per heavy atom. The maximum atomic E-state index is 13.1. The maximum Gasteiger partial charge on any atom is 0.246 e. The molecule has 0 radical (unpaired) electrons. The number of rotatable bonds is 14. The van der Waals surface area contributed by atoms with Crippen LogP contribution in [-0.2, 0) is 35.7 Å². The Kier molecular flexibility index (Phi) is 13.9. The van der Waals surface area contributed by atoms with E-state index < -0.39 is 0 Å². The van der Waals surface area contributed by atoms with Crippen molar-refractivity contribution < 1.29 is 23.4 Å². The van der Waals surface area contributed by atoms with E-state index in [1.165, 1.54) is 23.3 Å². The number of halogens is 2. The number of hydrogen-bond acceptors (Lipinski definition) is 7. The summed E-state index contributed by atoms with van der Waals surface area (Å²) in [5, 5.41) is 0. The van der Waals surface area contributed by atoms with Crippen molar-refractivity contribution in [2.24, 2.45) is 0 Å². The molecule has 1 saturated heterocycles. The van der Waals surface area contributed by atoms with Gasteiger partial charge in [0.2, 0.25) is 11.8 Å². The van der Waals surface area contributed by atoms with Crippen LogP contribution in [0.4, 0.5) is 4.39 Å². The molecule has 0 unspecified atom stereocenters. The summed E-state index contributed by atoms with van der Waals surface area (Å²) >= 11 is 0. The second kappa shape index (κ2) is 18.9. The third kappa shape index (κ3) is 11.2. The molecule has 2 aromatic heterocycles. The lowest BCUT2D eigenvalue weighted by Crippen LogP contribution is -2.47. The van der Waals surface area contributed by atoms with Gasteiger partial charge in [0.25, 0.3) is 0 Å². The van der Waals surface area contributed by atoms with Crippen molar-refractivity contribution >= 4 is 24.4 Å². The Labute approximate surface area is 311 Å². The first kappa shape index (κ1) is 38.1. The predicted molar refractivity (Wildman–Crippen MR) is 203 cm³/mol. The van der Waals surface area contributed by atoms with E-state index in [0.717, 1.165) is 59.6 Å². The molecule has 1 amide bonds. The number of hydrogen-bond donors (Lipinski definition) is 0. The monoisotopic (exact) mass is 722 g/mol. The SMILES string of the molecule is Cc1cc(/C=C/C(=O)N2CCN(Cc3ccc(CCOCc4ccc(F)cc4)cc3)CC2)cc(C)c1Oc1ccc(OCc2ccncc2)cn1.Cl. The van der Waals surface area contributed by atoms with Gasteiger partial charge in [0.05, 0.1) is 19.4 Å². The molecule has 270 valence electrons. The van der Waals surface area contributed by atoms with Gasteiger partial charge in [-0.3, -0.25) is 14.7 Å². The number of carbonyl (C=O) groups excluding carboxylic acids is 1. The van der Waals surface area contributed by atoms with Gasteiger partial charge >= 0.3 is 0 Å². The summed E-state index contributed by atoms with van der Waals surface area (Å²) in [7, 11) is 0. The average molecular weight is 723 g/mol. The van der Waals surface area contributed by atoms with E-state index in [-0.39, 0.29) is 24.1 Å². The third-order valence-corrected chi connectivity index (χ3v) is 8.80. The zero-order valence-electron chi connectivity index (χ0n) is 29.5. The number of pyridine rings is 2. The molecule has 1 aliphatic heterocycles. The number of carbonyl (C=O) groups is 1. The zero-order chi connectivity index (χ0) is 35.4. The number of benzene rings is 3. The van der Waals surface area contributed by atoms with Crippen LogP contribution < -0.4 is 9.47 Å². The van der Waals surface area contributed by atoms with Gasteiger partial charge in [-0.2, -0.15) is 0 Å². The standard InChI is InChI=1S/C42H43FN4O4.ClH/c1-31-25-37(26-32(2)42(31)51-40-13-12-39(27-45-40)50-30-36-15-18-44-19-16-36)9-14-41(48)47-22-20-46(21-23-47)28-34-5-3-33(4-6-34)17-24-49-29-35-7-10-38(43)11-8-35;/h3-16,18-19,25-27H,17,20-24,28-30H2,1-2H3;1H/b14-9+;. The van der Waals surface area contributed by atoms with Crippen molar-refractivity contribution in [1.82, 2.24) is 19.8 Å². The molecule has 0 N–H and O–H groups in total. The van der Waals surface area contributed by atoms with Crippen LogP contribution >= 0.6 is 12.4 Å². The second-order valence-corrected chi connectivity index (χ2v) is 12.7. The number of aromatic nitrogens is 2. The minimum atomic E-state index is -0.236. The molecular weight excluding hydrogens is 679 g/mol. The fraction of sp³-hybridized carbons (Fsp3) is 0.262. The van der Waals surface area contributed by atoms with E-state index >= 15 is 0 Å². The van der Waals surface area contributed by atoms with Gasteiger partial charge in [-0.05, 0) is 108 Å². The second-order valence-electron chi connectivity index (χ2n) is 12.7. The molecule has 52 heavy (non-hydrogen) atoms. The van der Waals surface area contributed by atoms with Crippen LogP contribution in [0.2, 0.25) is 0 Å². The Bertz CT molecular complexity index is 1880. The first-order valence-electron chi connectivity index (χ1n) is 17.2. The van der Waals surface area contributed by atoms with Crippen LogP contribution in [0.5, 0.6) is 17.4 Å². The Balaban J connectivity index is 0.00000523. The van der Waals surface area contributed by atoms with Crippen LogP contribution in [0.1, 0.15) is 38.9 Å². The van der Waals surface area contributed by atoms with Crippen LogP contribution in [-0.4, -0.2) is 58.5 Å². The fourth-order valence-electron chi connectivity index (χ4n) is 5.93. The first-order valence-corrected chi connectivity index (χ1v) is 17.2. The normalized spacial score (nSPS) is 13.2. The summed E-state index contributed by atoms with van der Waals surface area (Å²) in [6.07, 6.45) is 9.50. The van der Waals surface area contributed by atoms with E-state index in [9.17, 15) is 9.18 Å². The minimum absolute atomic E-state index is 0. The lowest BCUT2D eigenvalue weighted by molar-refractivity contribution is -0.127. The molecular formula is C42H44ClFN4O4. The lowest BCUT2D eigenvalue weighted by Gasteiger charge is -2.34. The third-order valence-electron chi connectivity index (χ3n) is 8.80. The minimum Gasteiger partial charge on any atom is -0.487 e. The van der Waals surface area contributed by atoms with Crippen molar-refractivity contribution in [1.29, 1.82) is 0 Å². The van der Waals surface area contributed by atoms with E-state index in [1.807, 2.05) is 55.2 Å². The largest absolute Gasteiger partial charge is 0.487 e. The Morgan fingerprint density at radius 3 is 2.13 bits per heavy atom. The number of aryl methyl sites for hydroxylation is 2. The smallest absolute Gasteiger partial charge is 0.246 e. The molecule has 8 nitrogen and oxygen atoms in total. The van der Waals surface area contributed by atoms with Gasteiger partial charge in [0.1, 0.15) is 23.9 Å². The highest BCUT2D eigenvalue weighted by atomic mass is 35.5. The van der Waals surface area contributed by atoms with E-state index in [2.05, 4.69) is 39.1 Å². The fourth-order valence-corrected chi connectivity index (χ4v) is 5.93. The Morgan fingerprint density at radius 2 is 1.46 bits per heavy atom. The molecule has 3 heterocycles. The molecule has 0 aliphatic carbocycles. The summed E-state index contributed by atoms with van der Waals surface area (Å²) in [4.78, 5) is 25.8. The molecule has 1 fully saturated rings. The highest BCUT2D eigenvalue weighted by Gasteiger charge is 2.20. The molecule has 0 bridgehead atoms. The van der Waals surface area contributed by atoms with Crippen LogP contribution in [0, 0.1) is 19.7 Å². The predicted octanol–water partition coefficient (Wildman–Crippen LogP) is 8.14. The number of nitrogens with zero attached hydrogens (tertiary/aromatic N) is 4. The summed E-state index contributed by atoms with van der Waals surface area (Å²) in [6.45, 7) is 9.41. The van der Waals surface area contributed by atoms with Crippen LogP contribution in [0.25, 0.3) is 6.08 Å². The molecule has 0 spiro atoms. The van der Waals surface area contributed by atoms with Crippen molar-refractivity contribution in [2.75, 3.05) is 32.8 Å². The van der Waals surface area contributed by atoms with Gasteiger partial charge in [-0.25, -0.2) is 9.37 Å². The maximum absolute atomic E-state index is 13.1. The summed E-state index contributed by atoms with van der Waals surface area (Å²) in [5.74, 6) is 1.67. The number of piperazine rings is 1. The van der Waals surface area contributed by atoms with Gasteiger partial charge in [0, 0.05) is 57.3 Å². The molecule has 1 aliphatic rings. The summed E-state index contributed by atoms with van der Waals surface area (Å²) in [5.41, 5.74) is 7.33. The van der Waals surface area contributed by atoms with Crippen molar-refractivity contribution in [2.45, 2.75) is 40.0 Å². The molecule has 0 saturated carbocycles. The van der Waals surface area contributed by atoms with Crippen molar-refractivity contribution in [3.8, 4) is 17.4 Å². The Hall–Kier alpha value is -5.09. The summed E-state index contributed by atoms with van der Waals surface area (Å²) < 4.78 is 30.8. The van der Waals surface area contributed by atoms with Crippen LogP contribution in [0.15, 0.2) is 110 Å². The highest BCUT2D eigenvalue weighted by Crippen LogP contribution is 2.30. The van der Waals surface area contributed by atoms with E-state index in [4.69, 9.17) is 14.2 Å². The zero-order valence-corrected chi connectivity index (χ0v) is 30.4. The summed E-state index contributed by atoms with van der Waals surface area (Å²) in [6, 6.07) is 26.5. The number of amides is 1. The molecule has 10 heteroatoms.